The van der Waals surface area contributed by atoms with Gasteiger partial charge in [0, 0.05) is 11.4 Å². The van der Waals surface area contributed by atoms with Crippen molar-refractivity contribution < 1.29 is 9.53 Å². The Kier molecular flexibility index (Phi) is 7.29. The fourth-order valence-corrected chi connectivity index (χ4v) is 3.91. The van der Waals surface area contributed by atoms with E-state index in [0.29, 0.717) is 18.9 Å². The Morgan fingerprint density at radius 3 is 3.07 bits per heavy atom. The molecule has 8 heteroatoms. The van der Waals surface area contributed by atoms with Crippen LogP contribution in [-0.2, 0) is 17.8 Å². The number of hydrogen-bond donors (Lipinski definition) is 1. The lowest BCUT2D eigenvalue weighted by molar-refractivity contribution is -0.118. The van der Waals surface area contributed by atoms with Gasteiger partial charge in [0.05, 0.1) is 12.3 Å². The van der Waals surface area contributed by atoms with Crippen molar-refractivity contribution in [3.63, 3.8) is 0 Å². The topological polar surface area (TPSA) is 69.0 Å². The van der Waals surface area contributed by atoms with Crippen molar-refractivity contribution >= 4 is 29.0 Å². The first-order chi connectivity index (χ1) is 13.2. The van der Waals surface area contributed by atoms with Gasteiger partial charge in [0.25, 0.3) is 0 Å². The zero-order valence-electron chi connectivity index (χ0n) is 15.1. The molecule has 0 spiro atoms. The summed E-state index contributed by atoms with van der Waals surface area (Å²) < 4.78 is 7.61. The van der Waals surface area contributed by atoms with Gasteiger partial charge in [-0.25, -0.2) is 0 Å². The number of nitrogens with zero attached hydrogens (tertiary/aromatic N) is 3. The molecule has 6 nitrogen and oxygen atoms in total. The Balaban J connectivity index is 1.35. The van der Waals surface area contributed by atoms with Crippen LogP contribution in [0.15, 0.2) is 53.3 Å². The smallest absolute Gasteiger partial charge is 0.230 e. The minimum absolute atomic E-state index is 0.0411. The number of amides is 1. The van der Waals surface area contributed by atoms with Gasteiger partial charge in [-0.15, -0.1) is 21.5 Å². The van der Waals surface area contributed by atoms with Crippen LogP contribution in [-0.4, -0.2) is 39.6 Å². The van der Waals surface area contributed by atoms with Crippen molar-refractivity contribution in [1.29, 1.82) is 0 Å². The molecule has 0 saturated carbocycles. The second-order valence-electron chi connectivity index (χ2n) is 5.94. The average molecular weight is 403 g/mol. The van der Waals surface area contributed by atoms with Crippen LogP contribution in [0.5, 0.6) is 5.75 Å². The fourth-order valence-electron chi connectivity index (χ4n) is 2.44. The molecule has 142 valence electrons. The first kappa shape index (κ1) is 19.4. The van der Waals surface area contributed by atoms with Crippen LogP contribution in [0.1, 0.15) is 10.4 Å². The summed E-state index contributed by atoms with van der Waals surface area (Å²) in [7, 11) is 0. The van der Waals surface area contributed by atoms with Gasteiger partial charge in [-0.2, -0.15) is 0 Å². The molecule has 0 atom stereocenters. The minimum atomic E-state index is -0.0411. The summed E-state index contributed by atoms with van der Waals surface area (Å²) in [6.07, 6.45) is 2.65. The van der Waals surface area contributed by atoms with E-state index in [1.807, 2.05) is 35.8 Å². The van der Waals surface area contributed by atoms with Gasteiger partial charge in [0.2, 0.25) is 5.91 Å². The Morgan fingerprint density at radius 2 is 2.26 bits per heavy atom. The summed E-state index contributed by atoms with van der Waals surface area (Å²) in [5.74, 6) is 1.08. The molecular formula is C19H22N4O2S2. The molecule has 3 rings (SSSR count). The van der Waals surface area contributed by atoms with Crippen LogP contribution in [0, 0.1) is 6.92 Å². The molecule has 0 unspecified atom stereocenters. The Labute approximate surface area is 167 Å². The number of aromatic nitrogens is 3. The zero-order chi connectivity index (χ0) is 18.9. The second-order valence-corrected chi connectivity index (χ2v) is 7.91. The van der Waals surface area contributed by atoms with Crippen molar-refractivity contribution in [3.05, 3.63) is 58.5 Å². The number of thioether (sulfide) groups is 1. The molecule has 0 bridgehead atoms. The first-order valence-electron chi connectivity index (χ1n) is 8.70. The normalized spacial score (nSPS) is 10.7. The van der Waals surface area contributed by atoms with Crippen molar-refractivity contribution in [2.75, 3.05) is 18.9 Å². The zero-order valence-corrected chi connectivity index (χ0v) is 16.8. The van der Waals surface area contributed by atoms with E-state index in [1.165, 1.54) is 16.6 Å². The number of rotatable bonds is 10. The summed E-state index contributed by atoms with van der Waals surface area (Å²) >= 11 is 3.14. The van der Waals surface area contributed by atoms with Gasteiger partial charge in [-0.05, 0) is 42.5 Å². The number of nitrogens with one attached hydrogen (secondary N) is 1. The van der Waals surface area contributed by atoms with Crippen molar-refractivity contribution in [2.45, 2.75) is 25.0 Å². The molecule has 27 heavy (non-hydrogen) atoms. The molecule has 1 aromatic carbocycles. The summed E-state index contributed by atoms with van der Waals surface area (Å²) in [6.45, 7) is 3.74. The third kappa shape index (κ3) is 6.41. The molecule has 0 aliphatic heterocycles. The predicted molar refractivity (Wildman–Crippen MR) is 108 cm³/mol. The van der Waals surface area contributed by atoms with E-state index in [0.717, 1.165) is 29.4 Å². The lowest BCUT2D eigenvalue weighted by Crippen LogP contribution is -2.29. The molecular weight excluding hydrogens is 380 g/mol. The molecule has 0 saturated heterocycles. The maximum absolute atomic E-state index is 12.0. The molecule has 2 heterocycles. The van der Waals surface area contributed by atoms with E-state index in [1.54, 1.807) is 17.7 Å². The van der Waals surface area contributed by atoms with E-state index in [-0.39, 0.29) is 5.91 Å². The average Bonchev–Trinajstić information content (AvgIpc) is 3.33. The summed E-state index contributed by atoms with van der Waals surface area (Å²) in [4.78, 5) is 13.3. The number of aryl methyl sites for hydroxylation is 3. The Bertz CT molecular complexity index is 849. The molecule has 0 radical (unpaired) electrons. The van der Waals surface area contributed by atoms with Gasteiger partial charge in [-0.1, -0.05) is 30.0 Å². The molecule has 0 fully saturated rings. The molecule has 3 aromatic rings. The van der Waals surface area contributed by atoms with Gasteiger partial charge < -0.3 is 14.6 Å². The third-order valence-corrected chi connectivity index (χ3v) is 5.69. The Hall–Kier alpha value is -2.32. The van der Waals surface area contributed by atoms with Crippen LogP contribution in [0.4, 0.5) is 0 Å². The SMILES string of the molecule is Cc1cccc(OCCNC(=O)CSc2nncn2CCc2cccs2)c1. The highest BCUT2D eigenvalue weighted by atomic mass is 32.2. The highest BCUT2D eigenvalue weighted by Crippen LogP contribution is 2.16. The maximum Gasteiger partial charge on any atom is 0.230 e. The van der Waals surface area contributed by atoms with Gasteiger partial charge in [0.15, 0.2) is 5.16 Å². The number of benzene rings is 1. The third-order valence-electron chi connectivity index (χ3n) is 3.77. The lowest BCUT2D eigenvalue weighted by atomic mass is 10.2. The van der Waals surface area contributed by atoms with Gasteiger partial charge >= 0.3 is 0 Å². The second kappa shape index (κ2) is 10.1. The van der Waals surface area contributed by atoms with Crippen LogP contribution in [0.25, 0.3) is 0 Å². The summed E-state index contributed by atoms with van der Waals surface area (Å²) in [5, 5.41) is 13.8. The van der Waals surface area contributed by atoms with E-state index in [2.05, 4.69) is 33.0 Å². The standard InChI is InChI=1S/C19H22N4O2S2/c1-15-4-2-5-16(12-15)25-10-8-20-18(24)13-27-19-22-21-14-23(19)9-7-17-6-3-11-26-17/h2-6,11-12,14H,7-10,13H2,1H3,(H,20,24). The number of ether oxygens (including phenoxy) is 1. The molecule has 0 aliphatic rings. The van der Waals surface area contributed by atoms with Gasteiger partial charge in [-0.3, -0.25) is 4.79 Å². The van der Waals surface area contributed by atoms with E-state index in [9.17, 15) is 4.79 Å². The highest BCUT2D eigenvalue weighted by molar-refractivity contribution is 7.99. The number of hydrogen-bond acceptors (Lipinski definition) is 6. The van der Waals surface area contributed by atoms with E-state index in [4.69, 9.17) is 4.74 Å². The van der Waals surface area contributed by atoms with Crippen LogP contribution in [0.2, 0.25) is 0 Å². The van der Waals surface area contributed by atoms with Crippen molar-refractivity contribution in [2.24, 2.45) is 0 Å². The van der Waals surface area contributed by atoms with Crippen molar-refractivity contribution in [1.82, 2.24) is 20.1 Å². The van der Waals surface area contributed by atoms with Crippen LogP contribution in [0.3, 0.4) is 0 Å². The molecule has 0 aliphatic carbocycles. The number of thiophene rings is 1. The summed E-state index contributed by atoms with van der Waals surface area (Å²) in [6, 6.07) is 12.0. The minimum Gasteiger partial charge on any atom is -0.492 e. The van der Waals surface area contributed by atoms with Crippen LogP contribution < -0.4 is 10.1 Å². The number of carbonyl (C=O) groups excluding carboxylic acids is 1. The largest absolute Gasteiger partial charge is 0.492 e. The highest BCUT2D eigenvalue weighted by Gasteiger charge is 2.09. The van der Waals surface area contributed by atoms with Gasteiger partial charge in [0.1, 0.15) is 18.7 Å². The van der Waals surface area contributed by atoms with Crippen molar-refractivity contribution in [3.8, 4) is 5.75 Å². The Morgan fingerprint density at radius 1 is 1.33 bits per heavy atom. The fraction of sp³-hybridized carbons (Fsp3) is 0.316. The summed E-state index contributed by atoms with van der Waals surface area (Å²) in [5.41, 5.74) is 1.15. The predicted octanol–water partition coefficient (Wildman–Crippen LogP) is 3.18. The van der Waals surface area contributed by atoms with Crippen LogP contribution >= 0.6 is 23.1 Å². The van der Waals surface area contributed by atoms with E-state index >= 15 is 0 Å². The lowest BCUT2D eigenvalue weighted by Gasteiger charge is -2.08. The molecule has 1 N–H and O–H groups in total. The first-order valence-corrected chi connectivity index (χ1v) is 10.6. The van der Waals surface area contributed by atoms with E-state index < -0.39 is 0 Å². The molecule has 2 aromatic heterocycles. The maximum atomic E-state index is 12.0. The quantitative estimate of drug-likeness (QED) is 0.417. The number of carbonyl (C=O) groups is 1. The monoisotopic (exact) mass is 402 g/mol. The molecule has 1 amide bonds.